The molecule has 1 heterocycles. The van der Waals surface area contributed by atoms with E-state index in [-0.39, 0.29) is 17.9 Å². The van der Waals surface area contributed by atoms with Crippen molar-refractivity contribution in [3.8, 4) is 11.5 Å². The summed E-state index contributed by atoms with van der Waals surface area (Å²) < 4.78 is 12.1. The molecule has 0 spiro atoms. The summed E-state index contributed by atoms with van der Waals surface area (Å²) in [6.45, 7) is 2.21. The summed E-state index contributed by atoms with van der Waals surface area (Å²) in [5.74, 6) is 0.127. The van der Waals surface area contributed by atoms with E-state index in [1.165, 1.54) is 10.6 Å². The standard InChI is InChI=1S/C16H19N3O4/c1-11-9-12(4-5-13(11)17)22-8-7-19-6-2-3-14(16(19)21)23-10-15(18)20/h2-6,9H,7-8,10,17H2,1H3,(H2,18,20). The summed E-state index contributed by atoms with van der Waals surface area (Å²) >= 11 is 0. The first-order valence-electron chi connectivity index (χ1n) is 7.07. The van der Waals surface area contributed by atoms with Crippen molar-refractivity contribution in [2.45, 2.75) is 13.5 Å². The molecule has 1 amide bonds. The number of amides is 1. The van der Waals surface area contributed by atoms with Crippen LogP contribution in [-0.2, 0) is 11.3 Å². The number of nitrogens with two attached hydrogens (primary N) is 2. The molecule has 2 rings (SSSR count). The molecule has 0 fully saturated rings. The number of pyridine rings is 1. The lowest BCUT2D eigenvalue weighted by atomic mass is 10.2. The lowest BCUT2D eigenvalue weighted by Crippen LogP contribution is -2.27. The van der Waals surface area contributed by atoms with Gasteiger partial charge in [-0.25, -0.2) is 0 Å². The predicted molar refractivity (Wildman–Crippen MR) is 86.5 cm³/mol. The van der Waals surface area contributed by atoms with E-state index in [0.29, 0.717) is 24.6 Å². The summed E-state index contributed by atoms with van der Waals surface area (Å²) in [6, 6.07) is 8.54. The molecule has 122 valence electrons. The van der Waals surface area contributed by atoms with Crippen LogP contribution in [0, 0.1) is 6.92 Å². The molecule has 0 aliphatic heterocycles. The first-order valence-corrected chi connectivity index (χ1v) is 7.07. The molecule has 0 saturated carbocycles. The molecule has 7 heteroatoms. The number of aromatic nitrogens is 1. The fourth-order valence-corrected chi connectivity index (χ4v) is 1.95. The highest BCUT2D eigenvalue weighted by atomic mass is 16.5. The number of anilines is 1. The molecular formula is C16H19N3O4. The Morgan fingerprint density at radius 1 is 1.26 bits per heavy atom. The van der Waals surface area contributed by atoms with Gasteiger partial charge in [-0.2, -0.15) is 0 Å². The molecular weight excluding hydrogens is 298 g/mol. The SMILES string of the molecule is Cc1cc(OCCn2cccc(OCC(N)=O)c2=O)ccc1N. The smallest absolute Gasteiger partial charge is 0.292 e. The van der Waals surface area contributed by atoms with Crippen LogP contribution in [0.5, 0.6) is 11.5 Å². The number of primary amides is 1. The fraction of sp³-hybridized carbons (Fsp3) is 0.250. The van der Waals surface area contributed by atoms with E-state index >= 15 is 0 Å². The number of hydrogen-bond donors (Lipinski definition) is 2. The van der Waals surface area contributed by atoms with E-state index in [1.54, 1.807) is 24.4 Å². The molecule has 0 unspecified atom stereocenters. The first-order chi connectivity index (χ1) is 11.0. The molecule has 7 nitrogen and oxygen atoms in total. The highest BCUT2D eigenvalue weighted by molar-refractivity contribution is 5.75. The lowest BCUT2D eigenvalue weighted by Gasteiger charge is -2.11. The largest absolute Gasteiger partial charge is 0.492 e. The monoisotopic (exact) mass is 317 g/mol. The predicted octanol–water partition coefficient (Wildman–Crippen LogP) is 0.682. The van der Waals surface area contributed by atoms with Crippen LogP contribution in [0.15, 0.2) is 41.3 Å². The number of carbonyl (C=O) groups excluding carboxylic acids is 1. The lowest BCUT2D eigenvalue weighted by molar-refractivity contribution is -0.119. The fourth-order valence-electron chi connectivity index (χ4n) is 1.95. The topological polar surface area (TPSA) is 110 Å². The number of benzene rings is 1. The maximum Gasteiger partial charge on any atom is 0.292 e. The van der Waals surface area contributed by atoms with Crippen molar-refractivity contribution < 1.29 is 14.3 Å². The average Bonchev–Trinajstić information content (AvgIpc) is 2.51. The van der Waals surface area contributed by atoms with Crippen LogP contribution in [-0.4, -0.2) is 23.7 Å². The summed E-state index contributed by atoms with van der Waals surface area (Å²) in [5, 5.41) is 0. The van der Waals surface area contributed by atoms with Gasteiger partial charge in [0.2, 0.25) is 0 Å². The minimum absolute atomic E-state index is 0.0784. The van der Waals surface area contributed by atoms with Crippen molar-refractivity contribution in [3.63, 3.8) is 0 Å². The van der Waals surface area contributed by atoms with Gasteiger partial charge in [0, 0.05) is 11.9 Å². The number of hydrogen-bond acceptors (Lipinski definition) is 5. The average molecular weight is 317 g/mol. The van der Waals surface area contributed by atoms with Gasteiger partial charge >= 0.3 is 0 Å². The summed E-state index contributed by atoms with van der Waals surface area (Å²) in [7, 11) is 0. The Kier molecular flexibility index (Phi) is 5.24. The van der Waals surface area contributed by atoms with Crippen LogP contribution < -0.4 is 26.5 Å². The molecule has 0 aliphatic rings. The third-order valence-electron chi connectivity index (χ3n) is 3.20. The van der Waals surface area contributed by atoms with Crippen LogP contribution in [0.4, 0.5) is 5.69 Å². The van der Waals surface area contributed by atoms with Crippen molar-refractivity contribution in [3.05, 3.63) is 52.4 Å². The zero-order valence-electron chi connectivity index (χ0n) is 12.8. The van der Waals surface area contributed by atoms with E-state index in [1.807, 2.05) is 13.0 Å². The maximum atomic E-state index is 12.1. The minimum Gasteiger partial charge on any atom is -0.492 e. The van der Waals surface area contributed by atoms with Crippen molar-refractivity contribution in [1.29, 1.82) is 0 Å². The van der Waals surface area contributed by atoms with Gasteiger partial charge < -0.3 is 25.5 Å². The highest BCUT2D eigenvalue weighted by Gasteiger charge is 2.06. The highest BCUT2D eigenvalue weighted by Crippen LogP contribution is 2.18. The van der Waals surface area contributed by atoms with Crippen molar-refractivity contribution >= 4 is 11.6 Å². The Labute approximate surface area is 133 Å². The van der Waals surface area contributed by atoms with Gasteiger partial charge in [-0.3, -0.25) is 9.59 Å². The van der Waals surface area contributed by atoms with Gasteiger partial charge in [-0.1, -0.05) is 0 Å². The third kappa shape index (κ3) is 4.50. The Morgan fingerprint density at radius 2 is 2.04 bits per heavy atom. The summed E-state index contributed by atoms with van der Waals surface area (Å²) in [6.07, 6.45) is 1.62. The van der Waals surface area contributed by atoms with Crippen molar-refractivity contribution in [2.75, 3.05) is 18.9 Å². The van der Waals surface area contributed by atoms with Crippen LogP contribution in [0.25, 0.3) is 0 Å². The van der Waals surface area contributed by atoms with E-state index in [2.05, 4.69) is 0 Å². The minimum atomic E-state index is -0.637. The zero-order valence-corrected chi connectivity index (χ0v) is 12.8. The van der Waals surface area contributed by atoms with Gasteiger partial charge in [0.1, 0.15) is 12.4 Å². The molecule has 0 aliphatic carbocycles. The molecule has 1 aromatic carbocycles. The third-order valence-corrected chi connectivity index (χ3v) is 3.20. The number of nitrogen functional groups attached to an aromatic ring is 1. The Bertz CT molecular complexity index is 755. The Morgan fingerprint density at radius 3 is 2.74 bits per heavy atom. The quantitative estimate of drug-likeness (QED) is 0.730. The van der Waals surface area contributed by atoms with E-state index in [4.69, 9.17) is 20.9 Å². The van der Waals surface area contributed by atoms with Gasteiger partial charge in [-0.05, 0) is 42.8 Å². The molecule has 2 aromatic rings. The second-order valence-electron chi connectivity index (χ2n) is 4.99. The van der Waals surface area contributed by atoms with Gasteiger partial charge in [0.05, 0.1) is 6.54 Å². The molecule has 0 radical (unpaired) electrons. The molecule has 0 saturated heterocycles. The van der Waals surface area contributed by atoms with E-state index < -0.39 is 5.91 Å². The first kappa shape index (κ1) is 16.4. The molecule has 4 N–H and O–H groups in total. The van der Waals surface area contributed by atoms with Crippen molar-refractivity contribution in [1.82, 2.24) is 4.57 Å². The van der Waals surface area contributed by atoms with Gasteiger partial charge in [0.15, 0.2) is 12.4 Å². The Balaban J connectivity index is 1.97. The number of carbonyl (C=O) groups is 1. The van der Waals surface area contributed by atoms with E-state index in [0.717, 1.165) is 5.56 Å². The van der Waals surface area contributed by atoms with Crippen LogP contribution >= 0.6 is 0 Å². The van der Waals surface area contributed by atoms with Gasteiger partial charge in [-0.15, -0.1) is 0 Å². The number of rotatable bonds is 7. The second kappa shape index (κ2) is 7.35. The number of nitrogens with zero attached hydrogens (tertiary/aromatic N) is 1. The van der Waals surface area contributed by atoms with Gasteiger partial charge in [0.25, 0.3) is 11.5 Å². The van der Waals surface area contributed by atoms with E-state index in [9.17, 15) is 9.59 Å². The molecule has 1 aromatic heterocycles. The summed E-state index contributed by atoms with van der Waals surface area (Å²) in [4.78, 5) is 22.8. The molecule has 23 heavy (non-hydrogen) atoms. The van der Waals surface area contributed by atoms with Crippen molar-refractivity contribution in [2.24, 2.45) is 5.73 Å². The zero-order chi connectivity index (χ0) is 16.8. The van der Waals surface area contributed by atoms with Crippen LogP contribution in [0.2, 0.25) is 0 Å². The second-order valence-corrected chi connectivity index (χ2v) is 4.99. The molecule has 0 bridgehead atoms. The molecule has 0 atom stereocenters. The summed E-state index contributed by atoms with van der Waals surface area (Å²) in [5.41, 5.74) is 12.0. The normalized spacial score (nSPS) is 10.3. The Hall–Kier alpha value is -2.96. The maximum absolute atomic E-state index is 12.1. The number of ether oxygens (including phenoxy) is 2. The van der Waals surface area contributed by atoms with Crippen LogP contribution in [0.1, 0.15) is 5.56 Å². The van der Waals surface area contributed by atoms with Crippen LogP contribution in [0.3, 0.4) is 0 Å². The number of aryl methyl sites for hydroxylation is 1.